The molecule has 2 rings (SSSR count). The molecule has 0 aromatic heterocycles. The Morgan fingerprint density at radius 2 is 2.23 bits per heavy atom. The van der Waals surface area contributed by atoms with Crippen molar-refractivity contribution in [2.45, 2.75) is 13.0 Å². The predicted molar refractivity (Wildman–Crippen MR) is 56.5 cm³/mol. The molecule has 0 spiro atoms. The fourth-order valence-electron chi connectivity index (χ4n) is 1.35. The first-order valence-corrected chi connectivity index (χ1v) is 4.87. The molecule has 1 fully saturated rings. The average molecular weight is 197 g/mol. The molecule has 1 aliphatic rings. The molecule has 0 radical (unpaired) electrons. The van der Waals surface area contributed by atoms with E-state index >= 15 is 0 Å². The van der Waals surface area contributed by atoms with E-state index in [1.54, 1.807) is 0 Å². The molecule has 0 unspecified atom stereocenters. The second kappa shape index (κ2) is 3.56. The van der Waals surface area contributed by atoms with Gasteiger partial charge < -0.3 is 10.6 Å². The molecule has 0 aliphatic carbocycles. The van der Waals surface area contributed by atoms with E-state index in [4.69, 9.17) is 11.6 Å². The maximum absolute atomic E-state index is 6.07. The third kappa shape index (κ3) is 1.95. The fourth-order valence-corrected chi connectivity index (χ4v) is 1.64. The van der Waals surface area contributed by atoms with Gasteiger partial charge in [0.25, 0.3) is 0 Å². The van der Waals surface area contributed by atoms with Crippen molar-refractivity contribution in [3.63, 3.8) is 0 Å². The van der Waals surface area contributed by atoms with Gasteiger partial charge in [-0.1, -0.05) is 17.7 Å². The van der Waals surface area contributed by atoms with E-state index < -0.39 is 0 Å². The summed E-state index contributed by atoms with van der Waals surface area (Å²) < 4.78 is 0. The largest absolute Gasteiger partial charge is 0.379 e. The third-order valence-electron chi connectivity index (χ3n) is 2.27. The molecule has 2 nitrogen and oxygen atoms in total. The summed E-state index contributed by atoms with van der Waals surface area (Å²) >= 11 is 6.07. The minimum Gasteiger partial charge on any atom is -0.379 e. The van der Waals surface area contributed by atoms with Crippen molar-refractivity contribution < 1.29 is 0 Å². The van der Waals surface area contributed by atoms with Crippen LogP contribution in [0.5, 0.6) is 0 Å². The molecule has 2 N–H and O–H groups in total. The Hall–Kier alpha value is -0.730. The zero-order valence-electron chi connectivity index (χ0n) is 7.60. The molecule has 0 atom stereocenters. The first kappa shape index (κ1) is 8.85. The van der Waals surface area contributed by atoms with Crippen molar-refractivity contribution in [1.82, 2.24) is 5.32 Å². The number of nitrogens with one attached hydrogen (secondary N) is 2. The zero-order valence-corrected chi connectivity index (χ0v) is 8.36. The molecule has 3 heteroatoms. The molecule has 13 heavy (non-hydrogen) atoms. The van der Waals surface area contributed by atoms with E-state index in [9.17, 15) is 0 Å². The van der Waals surface area contributed by atoms with Gasteiger partial charge in [0.15, 0.2) is 0 Å². The maximum atomic E-state index is 6.07. The van der Waals surface area contributed by atoms with Crippen LogP contribution >= 0.6 is 11.6 Å². The van der Waals surface area contributed by atoms with Gasteiger partial charge in [0.2, 0.25) is 0 Å². The summed E-state index contributed by atoms with van der Waals surface area (Å²) in [4.78, 5) is 0. The minimum atomic E-state index is 0.542. The molecule has 1 aromatic carbocycles. The summed E-state index contributed by atoms with van der Waals surface area (Å²) in [5.74, 6) is 0. The van der Waals surface area contributed by atoms with E-state index in [1.807, 2.05) is 19.1 Å². The first-order chi connectivity index (χ1) is 6.25. The second-order valence-corrected chi connectivity index (χ2v) is 3.89. The van der Waals surface area contributed by atoms with Gasteiger partial charge in [-0.05, 0) is 24.6 Å². The summed E-state index contributed by atoms with van der Waals surface area (Å²) in [7, 11) is 0. The predicted octanol–water partition coefficient (Wildman–Crippen LogP) is 2.03. The van der Waals surface area contributed by atoms with Crippen LogP contribution in [0.3, 0.4) is 0 Å². The Balaban J connectivity index is 2.10. The van der Waals surface area contributed by atoms with E-state index in [1.165, 1.54) is 5.56 Å². The molecule has 70 valence electrons. The van der Waals surface area contributed by atoms with Gasteiger partial charge in [0.1, 0.15) is 0 Å². The maximum Gasteiger partial charge on any atom is 0.0640 e. The molecule has 0 bridgehead atoms. The van der Waals surface area contributed by atoms with Gasteiger partial charge in [-0.25, -0.2) is 0 Å². The van der Waals surface area contributed by atoms with Crippen LogP contribution in [-0.2, 0) is 0 Å². The van der Waals surface area contributed by atoms with Crippen molar-refractivity contribution in [1.29, 1.82) is 0 Å². The van der Waals surface area contributed by atoms with E-state index in [0.717, 1.165) is 23.8 Å². The summed E-state index contributed by atoms with van der Waals surface area (Å²) in [6.07, 6.45) is 0. The van der Waals surface area contributed by atoms with Gasteiger partial charge in [-0.15, -0.1) is 0 Å². The normalized spacial score (nSPS) is 16.8. The molecule has 0 saturated carbocycles. The van der Waals surface area contributed by atoms with Crippen molar-refractivity contribution in [2.75, 3.05) is 18.4 Å². The van der Waals surface area contributed by atoms with E-state index in [-0.39, 0.29) is 0 Å². The zero-order chi connectivity index (χ0) is 9.26. The summed E-state index contributed by atoms with van der Waals surface area (Å²) in [5, 5.41) is 7.40. The number of aryl methyl sites for hydroxylation is 1. The lowest BCUT2D eigenvalue weighted by Gasteiger charge is -2.29. The first-order valence-electron chi connectivity index (χ1n) is 4.49. The van der Waals surface area contributed by atoms with Crippen LogP contribution < -0.4 is 10.6 Å². The molecule has 1 saturated heterocycles. The number of benzene rings is 1. The summed E-state index contributed by atoms with van der Waals surface area (Å²) in [6.45, 7) is 4.11. The van der Waals surface area contributed by atoms with Gasteiger partial charge in [-0.3, -0.25) is 0 Å². The van der Waals surface area contributed by atoms with Crippen LogP contribution in [0.15, 0.2) is 18.2 Å². The smallest absolute Gasteiger partial charge is 0.0640 e. The third-order valence-corrected chi connectivity index (χ3v) is 2.58. The number of halogens is 1. The number of hydrogen-bond acceptors (Lipinski definition) is 2. The van der Waals surface area contributed by atoms with E-state index in [2.05, 4.69) is 16.7 Å². The average Bonchev–Trinajstić information content (AvgIpc) is 1.99. The van der Waals surface area contributed by atoms with Gasteiger partial charge >= 0.3 is 0 Å². The number of anilines is 1. The van der Waals surface area contributed by atoms with Crippen LogP contribution in [0.25, 0.3) is 0 Å². The minimum absolute atomic E-state index is 0.542. The van der Waals surface area contributed by atoms with Crippen LogP contribution in [0.2, 0.25) is 5.02 Å². The Morgan fingerprint density at radius 3 is 2.77 bits per heavy atom. The number of rotatable bonds is 2. The highest BCUT2D eigenvalue weighted by Crippen LogP contribution is 2.23. The lowest BCUT2D eigenvalue weighted by Crippen LogP contribution is -2.51. The molecule has 1 heterocycles. The fraction of sp³-hybridized carbons (Fsp3) is 0.400. The Labute approximate surface area is 83.3 Å². The Morgan fingerprint density at radius 1 is 1.46 bits per heavy atom. The lowest BCUT2D eigenvalue weighted by molar-refractivity contribution is 0.472. The topological polar surface area (TPSA) is 24.1 Å². The van der Waals surface area contributed by atoms with Gasteiger partial charge in [0, 0.05) is 13.1 Å². The van der Waals surface area contributed by atoms with Crippen LogP contribution in [0, 0.1) is 6.92 Å². The van der Waals surface area contributed by atoms with Gasteiger partial charge in [0.05, 0.1) is 16.8 Å². The quantitative estimate of drug-likeness (QED) is 0.757. The highest BCUT2D eigenvalue weighted by atomic mass is 35.5. The Bertz CT molecular complexity index is 308. The van der Waals surface area contributed by atoms with Crippen molar-refractivity contribution >= 4 is 17.3 Å². The monoisotopic (exact) mass is 196 g/mol. The van der Waals surface area contributed by atoms with Crippen LogP contribution in [0.1, 0.15) is 5.56 Å². The second-order valence-electron chi connectivity index (χ2n) is 3.48. The Kier molecular flexibility index (Phi) is 2.42. The SMILES string of the molecule is Cc1ccc(NC2CNC2)c(Cl)c1. The summed E-state index contributed by atoms with van der Waals surface area (Å²) in [6, 6.07) is 6.63. The molecular weight excluding hydrogens is 184 g/mol. The van der Waals surface area contributed by atoms with E-state index in [0.29, 0.717) is 6.04 Å². The number of hydrogen-bond donors (Lipinski definition) is 2. The van der Waals surface area contributed by atoms with Crippen molar-refractivity contribution in [3.8, 4) is 0 Å². The van der Waals surface area contributed by atoms with Crippen LogP contribution in [-0.4, -0.2) is 19.1 Å². The lowest BCUT2D eigenvalue weighted by atomic mass is 10.1. The molecular formula is C10H13ClN2. The molecule has 1 aliphatic heterocycles. The highest BCUT2D eigenvalue weighted by Gasteiger charge is 2.16. The van der Waals surface area contributed by atoms with Crippen LogP contribution in [0.4, 0.5) is 5.69 Å². The van der Waals surface area contributed by atoms with Gasteiger partial charge in [-0.2, -0.15) is 0 Å². The standard InChI is InChI=1S/C10H13ClN2/c1-7-2-3-10(9(11)4-7)13-8-5-12-6-8/h2-4,8,12-13H,5-6H2,1H3. The van der Waals surface area contributed by atoms with Crippen molar-refractivity contribution in [3.05, 3.63) is 28.8 Å². The van der Waals surface area contributed by atoms with Crippen molar-refractivity contribution in [2.24, 2.45) is 0 Å². The molecule has 0 amide bonds. The molecule has 1 aromatic rings. The highest BCUT2D eigenvalue weighted by molar-refractivity contribution is 6.33. The summed E-state index contributed by atoms with van der Waals surface area (Å²) in [5.41, 5.74) is 2.24.